The van der Waals surface area contributed by atoms with Crippen LogP contribution in [-0.2, 0) is 9.53 Å². The van der Waals surface area contributed by atoms with Crippen molar-refractivity contribution >= 4 is 11.9 Å². The molecule has 1 heterocycles. The summed E-state index contributed by atoms with van der Waals surface area (Å²) in [6, 6.07) is 5.33. The summed E-state index contributed by atoms with van der Waals surface area (Å²) >= 11 is 0. The number of carboxylic acids is 1. The van der Waals surface area contributed by atoms with Gasteiger partial charge in [0.05, 0.1) is 19.1 Å². The number of hydrogen-bond acceptors (Lipinski definition) is 4. The first-order valence-corrected chi connectivity index (χ1v) is 8.37. The summed E-state index contributed by atoms with van der Waals surface area (Å²) in [5.41, 5.74) is 1.47. The fraction of sp³-hybridized carbons (Fsp3) is 0.556. The highest BCUT2D eigenvalue weighted by Crippen LogP contribution is 2.22. The van der Waals surface area contributed by atoms with Gasteiger partial charge in [0, 0.05) is 25.3 Å². The summed E-state index contributed by atoms with van der Waals surface area (Å²) in [7, 11) is 0. The molecule has 0 aliphatic carbocycles. The third-order valence-electron chi connectivity index (χ3n) is 4.07. The number of ether oxygens (including phenoxy) is 2. The summed E-state index contributed by atoms with van der Waals surface area (Å²) in [6.07, 6.45) is 1.78. The van der Waals surface area contributed by atoms with Crippen LogP contribution in [0.5, 0.6) is 5.75 Å². The minimum Gasteiger partial charge on any atom is -0.494 e. The molecule has 6 heteroatoms. The predicted molar refractivity (Wildman–Crippen MR) is 89.5 cm³/mol. The number of hydrogen-bond donors (Lipinski definition) is 1. The Kier molecular flexibility index (Phi) is 6.61. The van der Waals surface area contributed by atoms with Crippen LogP contribution in [0.4, 0.5) is 0 Å². The van der Waals surface area contributed by atoms with Crippen molar-refractivity contribution in [2.45, 2.75) is 39.2 Å². The minimum atomic E-state index is -0.918. The van der Waals surface area contributed by atoms with Gasteiger partial charge in [-0.05, 0) is 44.4 Å². The van der Waals surface area contributed by atoms with Crippen LogP contribution in [0, 0.1) is 6.92 Å². The second-order valence-electron chi connectivity index (χ2n) is 5.94. The highest BCUT2D eigenvalue weighted by molar-refractivity contribution is 5.95. The van der Waals surface area contributed by atoms with Gasteiger partial charge in [0.2, 0.25) is 0 Å². The number of carboxylic acid groups (broad SMARTS) is 1. The van der Waals surface area contributed by atoms with E-state index >= 15 is 0 Å². The van der Waals surface area contributed by atoms with Crippen molar-refractivity contribution in [3.63, 3.8) is 0 Å². The molecule has 6 nitrogen and oxygen atoms in total. The SMILES string of the molecule is CCOc1cc(C(=O)N(CCC(=O)O)CC2CCCO2)ccc1C. The number of carbonyl (C=O) groups excluding carboxylic acids is 1. The van der Waals surface area contributed by atoms with E-state index in [1.807, 2.05) is 19.9 Å². The summed E-state index contributed by atoms with van der Waals surface area (Å²) in [4.78, 5) is 25.3. The molecule has 0 bridgehead atoms. The molecule has 1 aromatic carbocycles. The Hall–Kier alpha value is -2.08. The van der Waals surface area contributed by atoms with Crippen LogP contribution >= 0.6 is 0 Å². The smallest absolute Gasteiger partial charge is 0.305 e. The first-order valence-electron chi connectivity index (χ1n) is 8.37. The van der Waals surface area contributed by atoms with Gasteiger partial charge in [-0.1, -0.05) is 6.07 Å². The monoisotopic (exact) mass is 335 g/mol. The molecular weight excluding hydrogens is 310 g/mol. The van der Waals surface area contributed by atoms with Crippen LogP contribution in [0.15, 0.2) is 18.2 Å². The number of carbonyl (C=O) groups is 2. The highest BCUT2D eigenvalue weighted by atomic mass is 16.5. The van der Waals surface area contributed by atoms with Crippen molar-refractivity contribution in [1.29, 1.82) is 0 Å². The van der Waals surface area contributed by atoms with Crippen molar-refractivity contribution in [2.75, 3.05) is 26.3 Å². The molecule has 0 spiro atoms. The molecule has 1 amide bonds. The maximum atomic E-state index is 12.8. The lowest BCUT2D eigenvalue weighted by Gasteiger charge is -2.25. The zero-order chi connectivity index (χ0) is 17.5. The lowest BCUT2D eigenvalue weighted by Crippen LogP contribution is -2.38. The summed E-state index contributed by atoms with van der Waals surface area (Å²) < 4.78 is 11.1. The quantitative estimate of drug-likeness (QED) is 0.790. The van der Waals surface area contributed by atoms with Gasteiger partial charge in [0.15, 0.2) is 0 Å². The molecule has 1 aromatic rings. The second kappa shape index (κ2) is 8.68. The van der Waals surface area contributed by atoms with Crippen molar-refractivity contribution in [2.24, 2.45) is 0 Å². The molecule has 0 saturated carbocycles. The largest absolute Gasteiger partial charge is 0.494 e. The Balaban J connectivity index is 2.15. The van der Waals surface area contributed by atoms with Gasteiger partial charge in [0.25, 0.3) is 5.91 Å². The lowest BCUT2D eigenvalue weighted by atomic mass is 10.1. The second-order valence-corrected chi connectivity index (χ2v) is 5.94. The third kappa shape index (κ3) is 4.96. The van der Waals surface area contributed by atoms with Crippen LogP contribution in [0.2, 0.25) is 0 Å². The number of benzene rings is 1. The van der Waals surface area contributed by atoms with Gasteiger partial charge < -0.3 is 19.5 Å². The van der Waals surface area contributed by atoms with E-state index in [-0.39, 0.29) is 25.0 Å². The predicted octanol–water partition coefficient (Wildman–Crippen LogP) is 2.49. The van der Waals surface area contributed by atoms with E-state index in [1.165, 1.54) is 0 Å². The summed E-state index contributed by atoms with van der Waals surface area (Å²) in [5.74, 6) is -0.426. The minimum absolute atomic E-state index is 0.0143. The topological polar surface area (TPSA) is 76.1 Å². The summed E-state index contributed by atoms with van der Waals surface area (Å²) in [6.45, 7) is 5.63. The highest BCUT2D eigenvalue weighted by Gasteiger charge is 2.24. The van der Waals surface area contributed by atoms with Gasteiger partial charge >= 0.3 is 5.97 Å². The van der Waals surface area contributed by atoms with Crippen molar-refractivity contribution < 1.29 is 24.2 Å². The first kappa shape index (κ1) is 18.3. The number of nitrogens with zero attached hydrogens (tertiary/aromatic N) is 1. The number of rotatable bonds is 8. The Labute approximate surface area is 142 Å². The molecule has 1 N–H and O–H groups in total. The Morgan fingerprint density at radius 1 is 1.42 bits per heavy atom. The van der Waals surface area contributed by atoms with E-state index in [0.717, 1.165) is 18.4 Å². The van der Waals surface area contributed by atoms with Gasteiger partial charge in [-0.2, -0.15) is 0 Å². The zero-order valence-electron chi connectivity index (χ0n) is 14.3. The maximum Gasteiger partial charge on any atom is 0.305 e. The Bertz CT molecular complexity index is 581. The van der Waals surface area contributed by atoms with Crippen molar-refractivity contribution in [3.05, 3.63) is 29.3 Å². The van der Waals surface area contributed by atoms with Crippen LogP contribution < -0.4 is 4.74 Å². The van der Waals surface area contributed by atoms with E-state index in [9.17, 15) is 9.59 Å². The molecule has 24 heavy (non-hydrogen) atoms. The number of aryl methyl sites for hydroxylation is 1. The maximum absolute atomic E-state index is 12.8. The molecule has 2 rings (SSSR count). The van der Waals surface area contributed by atoms with Crippen LogP contribution in [0.25, 0.3) is 0 Å². The molecule has 1 fully saturated rings. The molecular formula is C18H25NO5. The normalized spacial score (nSPS) is 16.8. The van der Waals surface area contributed by atoms with E-state index in [2.05, 4.69) is 0 Å². The van der Waals surface area contributed by atoms with Crippen LogP contribution in [0.3, 0.4) is 0 Å². The fourth-order valence-electron chi connectivity index (χ4n) is 2.77. The Morgan fingerprint density at radius 3 is 2.83 bits per heavy atom. The molecule has 0 aromatic heterocycles. The number of aliphatic carboxylic acids is 1. The van der Waals surface area contributed by atoms with E-state index in [4.69, 9.17) is 14.6 Å². The fourth-order valence-corrected chi connectivity index (χ4v) is 2.77. The average Bonchev–Trinajstić information content (AvgIpc) is 3.06. The van der Waals surface area contributed by atoms with Crippen LogP contribution in [0.1, 0.15) is 42.1 Å². The van der Waals surface area contributed by atoms with Crippen molar-refractivity contribution in [3.8, 4) is 5.75 Å². The van der Waals surface area contributed by atoms with Gasteiger partial charge in [-0.25, -0.2) is 0 Å². The molecule has 1 aliphatic heterocycles. The molecule has 1 atom stereocenters. The number of amides is 1. The molecule has 1 saturated heterocycles. The molecule has 132 valence electrons. The first-order chi connectivity index (χ1) is 11.5. The molecule has 1 unspecified atom stereocenters. The van der Waals surface area contributed by atoms with E-state index in [1.54, 1.807) is 17.0 Å². The van der Waals surface area contributed by atoms with E-state index in [0.29, 0.717) is 31.1 Å². The Morgan fingerprint density at radius 2 is 2.21 bits per heavy atom. The zero-order valence-corrected chi connectivity index (χ0v) is 14.3. The van der Waals surface area contributed by atoms with Gasteiger partial charge in [0.1, 0.15) is 5.75 Å². The summed E-state index contributed by atoms with van der Waals surface area (Å²) in [5, 5.41) is 8.94. The lowest BCUT2D eigenvalue weighted by molar-refractivity contribution is -0.137. The van der Waals surface area contributed by atoms with Gasteiger partial charge in [-0.15, -0.1) is 0 Å². The van der Waals surface area contributed by atoms with Crippen LogP contribution in [-0.4, -0.2) is 54.3 Å². The average molecular weight is 335 g/mol. The standard InChI is InChI=1S/C18H25NO5/c1-3-23-16-11-14(7-6-13(16)2)18(22)19(9-8-17(20)21)12-15-5-4-10-24-15/h6-7,11,15H,3-5,8-10,12H2,1-2H3,(H,20,21). The van der Waals surface area contributed by atoms with Crippen molar-refractivity contribution in [1.82, 2.24) is 4.90 Å². The van der Waals surface area contributed by atoms with E-state index < -0.39 is 5.97 Å². The molecule has 1 aliphatic rings. The third-order valence-corrected chi connectivity index (χ3v) is 4.07. The van der Waals surface area contributed by atoms with Gasteiger partial charge in [-0.3, -0.25) is 9.59 Å². The molecule has 0 radical (unpaired) electrons.